The quantitative estimate of drug-likeness (QED) is 0.628. The lowest BCUT2D eigenvalue weighted by atomic mass is 10.2. The number of halogens is 1. The molecule has 0 aliphatic heterocycles. The van der Waals surface area contributed by atoms with Crippen LogP contribution in [0.2, 0.25) is 0 Å². The first-order chi connectivity index (χ1) is 6.61. The maximum absolute atomic E-state index is 11.4. The number of hydrogen-bond donors (Lipinski definition) is 3. The minimum Gasteiger partial charge on any atom is -0.507 e. The Morgan fingerprint density at radius 1 is 1.36 bits per heavy atom. The first-order valence-corrected chi connectivity index (χ1v) is 4.62. The smallest absolute Gasteiger partial charge is 0.193 e. The molecule has 0 spiro atoms. The van der Waals surface area contributed by atoms with E-state index in [1.165, 1.54) is 18.3 Å². The fourth-order valence-electron chi connectivity index (χ4n) is 1.30. The van der Waals surface area contributed by atoms with Crippen LogP contribution in [0, 0.1) is 0 Å². The second-order valence-electron chi connectivity index (χ2n) is 2.82. The maximum Gasteiger partial charge on any atom is 0.193 e. The van der Waals surface area contributed by atoms with Crippen LogP contribution in [0.25, 0.3) is 10.9 Å². The molecule has 0 fully saturated rings. The normalized spacial score (nSPS) is 10.6. The number of phenolic OH excluding ortho intramolecular Hbond substituents is 2. The summed E-state index contributed by atoms with van der Waals surface area (Å²) in [7, 11) is 0. The standard InChI is InChI=1S/C9H6BrNO3/c10-4-3-6(13)7-5(12)1-2-11-8(7)9(4)14/h1-3,13-14H,(H,11,12). The number of nitrogens with one attached hydrogen (secondary N) is 1. The maximum atomic E-state index is 11.4. The fourth-order valence-corrected chi connectivity index (χ4v) is 1.72. The van der Waals surface area contributed by atoms with E-state index >= 15 is 0 Å². The number of aromatic nitrogens is 1. The second-order valence-corrected chi connectivity index (χ2v) is 3.67. The molecule has 0 saturated heterocycles. The van der Waals surface area contributed by atoms with Crippen LogP contribution in [-0.4, -0.2) is 15.2 Å². The van der Waals surface area contributed by atoms with Crippen molar-refractivity contribution in [2.45, 2.75) is 0 Å². The van der Waals surface area contributed by atoms with E-state index in [1.54, 1.807) is 0 Å². The van der Waals surface area contributed by atoms with Gasteiger partial charge in [0.25, 0.3) is 0 Å². The number of rotatable bonds is 0. The Hall–Kier alpha value is -1.49. The molecule has 0 bridgehead atoms. The van der Waals surface area contributed by atoms with Crippen LogP contribution < -0.4 is 5.43 Å². The molecule has 2 rings (SSSR count). The monoisotopic (exact) mass is 255 g/mol. The Morgan fingerprint density at radius 2 is 2.07 bits per heavy atom. The average Bonchev–Trinajstić information content (AvgIpc) is 2.14. The van der Waals surface area contributed by atoms with Crippen LogP contribution in [0.3, 0.4) is 0 Å². The van der Waals surface area contributed by atoms with Crippen molar-refractivity contribution < 1.29 is 10.2 Å². The number of benzene rings is 1. The molecule has 4 nitrogen and oxygen atoms in total. The molecule has 0 saturated carbocycles. The summed E-state index contributed by atoms with van der Waals surface area (Å²) in [6, 6.07) is 2.57. The van der Waals surface area contributed by atoms with Gasteiger partial charge in [-0.1, -0.05) is 0 Å². The molecule has 3 N–H and O–H groups in total. The molecule has 1 aromatic heterocycles. The number of hydrogen-bond acceptors (Lipinski definition) is 3. The van der Waals surface area contributed by atoms with E-state index in [1.807, 2.05) is 0 Å². The van der Waals surface area contributed by atoms with Gasteiger partial charge >= 0.3 is 0 Å². The second kappa shape index (κ2) is 3.02. The predicted octanol–water partition coefficient (Wildman–Crippen LogP) is 1.70. The topological polar surface area (TPSA) is 73.3 Å². The summed E-state index contributed by atoms with van der Waals surface area (Å²) in [5, 5.41) is 19.2. The van der Waals surface area contributed by atoms with E-state index in [2.05, 4.69) is 20.9 Å². The van der Waals surface area contributed by atoms with Crippen molar-refractivity contribution in [1.82, 2.24) is 4.98 Å². The Labute approximate surface area is 87.0 Å². The zero-order chi connectivity index (χ0) is 10.3. The van der Waals surface area contributed by atoms with Crippen molar-refractivity contribution in [3.63, 3.8) is 0 Å². The Kier molecular flexibility index (Phi) is 1.96. The average molecular weight is 256 g/mol. The highest BCUT2D eigenvalue weighted by atomic mass is 79.9. The number of phenols is 2. The van der Waals surface area contributed by atoms with Crippen LogP contribution in [-0.2, 0) is 0 Å². The number of aromatic hydroxyl groups is 2. The van der Waals surface area contributed by atoms with Crippen molar-refractivity contribution in [3.05, 3.63) is 33.0 Å². The molecule has 1 aromatic carbocycles. The number of pyridine rings is 1. The summed E-state index contributed by atoms with van der Waals surface area (Å²) in [6.07, 6.45) is 1.41. The predicted molar refractivity (Wildman–Crippen MR) is 55.6 cm³/mol. The third-order valence-corrected chi connectivity index (χ3v) is 2.55. The lowest BCUT2D eigenvalue weighted by molar-refractivity contribution is 0.465. The van der Waals surface area contributed by atoms with Gasteiger partial charge in [0.15, 0.2) is 11.2 Å². The van der Waals surface area contributed by atoms with Crippen molar-refractivity contribution in [1.29, 1.82) is 0 Å². The Balaban J connectivity index is 3.10. The van der Waals surface area contributed by atoms with Crippen molar-refractivity contribution in [3.8, 4) is 11.5 Å². The molecule has 1 heterocycles. The largest absolute Gasteiger partial charge is 0.507 e. The van der Waals surface area contributed by atoms with Gasteiger partial charge in [0.2, 0.25) is 0 Å². The van der Waals surface area contributed by atoms with Gasteiger partial charge in [0, 0.05) is 12.3 Å². The molecule has 0 atom stereocenters. The summed E-state index contributed by atoms with van der Waals surface area (Å²) in [4.78, 5) is 14.1. The molecular weight excluding hydrogens is 250 g/mol. The summed E-state index contributed by atoms with van der Waals surface area (Å²) < 4.78 is 0.337. The highest BCUT2D eigenvalue weighted by molar-refractivity contribution is 9.10. The summed E-state index contributed by atoms with van der Waals surface area (Å²) in [5.41, 5.74) is -0.108. The van der Waals surface area contributed by atoms with Crippen LogP contribution in [0.5, 0.6) is 11.5 Å². The van der Waals surface area contributed by atoms with Crippen LogP contribution in [0.1, 0.15) is 0 Å². The molecule has 14 heavy (non-hydrogen) atoms. The van der Waals surface area contributed by atoms with Crippen LogP contribution in [0.4, 0.5) is 0 Å². The van der Waals surface area contributed by atoms with Crippen molar-refractivity contribution in [2.75, 3.05) is 0 Å². The SMILES string of the molecule is O=c1cc[nH]c2c(O)c(Br)cc(O)c12. The van der Waals surface area contributed by atoms with Gasteiger partial charge in [-0.05, 0) is 22.0 Å². The minimum absolute atomic E-state index is 0.0875. The lowest BCUT2D eigenvalue weighted by Crippen LogP contribution is -2.00. The van der Waals surface area contributed by atoms with E-state index in [0.717, 1.165) is 0 Å². The van der Waals surface area contributed by atoms with Gasteiger partial charge in [-0.15, -0.1) is 0 Å². The highest BCUT2D eigenvalue weighted by Crippen LogP contribution is 2.35. The van der Waals surface area contributed by atoms with E-state index in [4.69, 9.17) is 0 Å². The molecule has 72 valence electrons. The molecule has 0 unspecified atom stereocenters. The van der Waals surface area contributed by atoms with Gasteiger partial charge in [-0.3, -0.25) is 4.79 Å². The van der Waals surface area contributed by atoms with Gasteiger partial charge in [-0.2, -0.15) is 0 Å². The summed E-state index contributed by atoms with van der Waals surface area (Å²) in [5.74, 6) is -0.248. The molecule has 0 aliphatic rings. The molecule has 0 amide bonds. The van der Waals surface area contributed by atoms with Crippen molar-refractivity contribution >= 4 is 26.8 Å². The first kappa shape index (κ1) is 9.08. The van der Waals surface area contributed by atoms with Crippen LogP contribution >= 0.6 is 15.9 Å². The molecule has 0 radical (unpaired) electrons. The molecule has 5 heteroatoms. The third kappa shape index (κ3) is 1.17. The zero-order valence-corrected chi connectivity index (χ0v) is 8.50. The molecule has 0 aliphatic carbocycles. The number of H-pyrrole nitrogens is 1. The van der Waals surface area contributed by atoms with Gasteiger partial charge in [-0.25, -0.2) is 0 Å². The lowest BCUT2D eigenvalue weighted by Gasteiger charge is -2.04. The molecule has 2 aromatic rings. The van der Waals surface area contributed by atoms with Crippen LogP contribution in [0.15, 0.2) is 27.6 Å². The van der Waals surface area contributed by atoms with E-state index in [9.17, 15) is 15.0 Å². The van der Waals surface area contributed by atoms with Gasteiger partial charge in [0.1, 0.15) is 5.75 Å². The minimum atomic E-state index is -0.334. The third-order valence-electron chi connectivity index (χ3n) is 1.94. The number of aromatic amines is 1. The fraction of sp³-hybridized carbons (Fsp3) is 0. The number of fused-ring (bicyclic) bond motifs is 1. The summed E-state index contributed by atoms with van der Waals surface area (Å²) >= 11 is 3.06. The summed E-state index contributed by atoms with van der Waals surface area (Å²) in [6.45, 7) is 0. The van der Waals surface area contributed by atoms with E-state index in [0.29, 0.717) is 4.47 Å². The van der Waals surface area contributed by atoms with Gasteiger partial charge < -0.3 is 15.2 Å². The van der Waals surface area contributed by atoms with E-state index < -0.39 is 0 Å². The molecular formula is C9H6BrNO3. The highest BCUT2D eigenvalue weighted by Gasteiger charge is 2.11. The van der Waals surface area contributed by atoms with Crippen molar-refractivity contribution in [2.24, 2.45) is 0 Å². The first-order valence-electron chi connectivity index (χ1n) is 3.83. The van der Waals surface area contributed by atoms with E-state index in [-0.39, 0.29) is 27.8 Å². The Bertz CT molecular complexity index is 562. The van der Waals surface area contributed by atoms with Gasteiger partial charge in [0.05, 0.1) is 15.4 Å². The zero-order valence-electron chi connectivity index (χ0n) is 6.91. The Morgan fingerprint density at radius 3 is 2.79 bits per heavy atom.